The van der Waals surface area contributed by atoms with Crippen molar-refractivity contribution in [2.45, 2.75) is 0 Å². The smallest absolute Gasteiger partial charge is 0.262 e. The van der Waals surface area contributed by atoms with Gasteiger partial charge in [-0.05, 0) is 29.8 Å². The van der Waals surface area contributed by atoms with Crippen molar-refractivity contribution < 1.29 is 5.11 Å². The fraction of sp³-hybridized carbons (Fsp3) is 0.0714. The summed E-state index contributed by atoms with van der Waals surface area (Å²) in [5.74, 6) is 0.590. The van der Waals surface area contributed by atoms with Crippen molar-refractivity contribution in [3.05, 3.63) is 50.6 Å². The van der Waals surface area contributed by atoms with E-state index in [9.17, 15) is 9.90 Å². The van der Waals surface area contributed by atoms with Gasteiger partial charge in [0.1, 0.15) is 17.0 Å². The molecule has 0 aliphatic carbocycles. The van der Waals surface area contributed by atoms with E-state index in [1.807, 2.05) is 0 Å². The molecule has 2 heterocycles. The third-order valence-corrected chi connectivity index (χ3v) is 3.74. The molecular weight excluding hydrogens is 336 g/mol. The third-order valence-electron chi connectivity index (χ3n) is 3.02. The van der Waals surface area contributed by atoms with Gasteiger partial charge in [0.2, 0.25) is 0 Å². The molecule has 0 aliphatic rings. The highest BCUT2D eigenvalue weighted by Gasteiger charge is 2.06. The number of nitrogens with zero attached hydrogens (tertiary/aromatic N) is 3. The van der Waals surface area contributed by atoms with E-state index in [1.54, 1.807) is 42.1 Å². The summed E-state index contributed by atoms with van der Waals surface area (Å²) in [7, 11) is 1.73. The van der Waals surface area contributed by atoms with Crippen LogP contribution in [0, 0.1) is 0 Å². The van der Waals surface area contributed by atoms with Crippen LogP contribution in [0.15, 0.2) is 33.7 Å². The molecule has 0 radical (unpaired) electrons. The molecule has 3 rings (SSSR count). The predicted molar refractivity (Wildman–Crippen MR) is 83.9 cm³/mol. The Morgan fingerprint density at radius 1 is 1.38 bits per heavy atom. The number of aromatic nitrogens is 4. The molecule has 0 aliphatic heterocycles. The first-order valence-electron chi connectivity index (χ1n) is 6.13. The Kier molecular flexibility index (Phi) is 3.34. The van der Waals surface area contributed by atoms with Crippen molar-refractivity contribution in [2.24, 2.45) is 7.05 Å². The molecule has 0 fully saturated rings. The minimum absolute atomic E-state index is 0.168. The number of halogens is 1. The van der Waals surface area contributed by atoms with Crippen LogP contribution in [-0.4, -0.2) is 24.9 Å². The number of aromatic hydroxyl groups is 1. The fourth-order valence-electron chi connectivity index (χ4n) is 1.96. The highest BCUT2D eigenvalue weighted by atomic mass is 79.9. The lowest BCUT2D eigenvalue weighted by molar-refractivity contribution is 0.475. The van der Waals surface area contributed by atoms with Crippen LogP contribution in [-0.2, 0) is 7.05 Å². The second-order valence-corrected chi connectivity index (χ2v) is 5.35. The predicted octanol–water partition coefficient (Wildman–Crippen LogP) is 2.30. The van der Waals surface area contributed by atoms with Crippen LogP contribution in [0.5, 0.6) is 5.75 Å². The summed E-state index contributed by atoms with van der Waals surface area (Å²) >= 11 is 3.39. The summed E-state index contributed by atoms with van der Waals surface area (Å²) in [4.78, 5) is 18.9. The van der Waals surface area contributed by atoms with Crippen LogP contribution < -0.4 is 5.56 Å². The Labute approximate surface area is 127 Å². The number of nitrogens with one attached hydrogen (secondary N) is 1. The van der Waals surface area contributed by atoms with E-state index in [1.165, 1.54) is 6.20 Å². The first-order valence-corrected chi connectivity index (χ1v) is 6.92. The first-order chi connectivity index (χ1) is 10.0. The van der Waals surface area contributed by atoms with Gasteiger partial charge in [-0.1, -0.05) is 22.0 Å². The minimum Gasteiger partial charge on any atom is -0.508 e. The van der Waals surface area contributed by atoms with Crippen molar-refractivity contribution in [3.8, 4) is 5.75 Å². The molecule has 0 saturated heterocycles. The lowest BCUT2D eigenvalue weighted by atomic mass is 10.2. The number of hydrogen-bond acceptors (Lipinski definition) is 4. The fourth-order valence-corrected chi connectivity index (χ4v) is 2.33. The molecule has 0 unspecified atom stereocenters. The van der Waals surface area contributed by atoms with Gasteiger partial charge in [0, 0.05) is 11.5 Å². The summed E-state index contributed by atoms with van der Waals surface area (Å²) in [6, 6.07) is 4.94. The Bertz CT molecular complexity index is 911. The molecule has 2 N–H and O–H groups in total. The number of phenolic OH excluding ortho intramolecular Hbond substituents is 1. The van der Waals surface area contributed by atoms with Gasteiger partial charge in [-0.2, -0.15) is 5.10 Å². The second kappa shape index (κ2) is 5.17. The standard InChI is InChI=1S/C14H11BrN4O2/c1-19-13-10(7-16-19)14(21)18-12(17-13)5-2-8-6-9(20)3-4-11(8)15/h2-7,20H,1H3,(H,17,18,21)/b5-2+. The van der Waals surface area contributed by atoms with Gasteiger partial charge < -0.3 is 10.1 Å². The Balaban J connectivity index is 2.05. The van der Waals surface area contributed by atoms with Gasteiger partial charge in [-0.25, -0.2) is 4.98 Å². The van der Waals surface area contributed by atoms with Gasteiger partial charge in [0.25, 0.3) is 5.56 Å². The molecule has 0 bridgehead atoms. The van der Waals surface area contributed by atoms with E-state index in [0.717, 1.165) is 10.0 Å². The van der Waals surface area contributed by atoms with E-state index in [-0.39, 0.29) is 11.3 Å². The maximum absolute atomic E-state index is 11.9. The van der Waals surface area contributed by atoms with E-state index < -0.39 is 0 Å². The van der Waals surface area contributed by atoms with E-state index >= 15 is 0 Å². The zero-order valence-corrected chi connectivity index (χ0v) is 12.6. The number of phenols is 1. The average molecular weight is 347 g/mol. The molecule has 0 amide bonds. The summed E-state index contributed by atoms with van der Waals surface area (Å²) < 4.78 is 2.38. The van der Waals surface area contributed by atoms with Crippen molar-refractivity contribution in [2.75, 3.05) is 0 Å². The van der Waals surface area contributed by atoms with Crippen LogP contribution in [0.2, 0.25) is 0 Å². The molecule has 3 aromatic rings. The SMILES string of the molecule is Cn1ncc2c(=O)[nH]c(/C=C/c3cc(O)ccc3Br)nc21. The summed E-state index contributed by atoms with van der Waals surface area (Å²) in [5.41, 5.74) is 1.07. The Morgan fingerprint density at radius 2 is 2.19 bits per heavy atom. The van der Waals surface area contributed by atoms with E-state index in [2.05, 4.69) is 31.0 Å². The molecule has 21 heavy (non-hydrogen) atoms. The first kappa shape index (κ1) is 13.6. The number of benzene rings is 1. The van der Waals surface area contributed by atoms with Crippen LogP contribution in [0.3, 0.4) is 0 Å². The highest BCUT2D eigenvalue weighted by Crippen LogP contribution is 2.23. The molecule has 1 aromatic carbocycles. The molecule has 6 nitrogen and oxygen atoms in total. The summed E-state index contributed by atoms with van der Waals surface area (Å²) in [6.45, 7) is 0. The van der Waals surface area contributed by atoms with Gasteiger partial charge in [0.15, 0.2) is 5.65 Å². The number of H-pyrrole nitrogens is 1. The number of hydrogen-bond donors (Lipinski definition) is 2. The van der Waals surface area contributed by atoms with Crippen molar-refractivity contribution in [3.63, 3.8) is 0 Å². The van der Waals surface area contributed by atoms with Gasteiger partial charge in [-0.15, -0.1) is 0 Å². The molecule has 0 spiro atoms. The number of rotatable bonds is 2. The minimum atomic E-state index is -0.234. The topological polar surface area (TPSA) is 83.8 Å². The van der Waals surface area contributed by atoms with Crippen LogP contribution in [0.25, 0.3) is 23.2 Å². The Hall–Kier alpha value is -2.41. The van der Waals surface area contributed by atoms with Gasteiger partial charge in [-0.3, -0.25) is 9.48 Å². The maximum Gasteiger partial charge on any atom is 0.262 e. The zero-order valence-electron chi connectivity index (χ0n) is 11.0. The molecule has 106 valence electrons. The number of fused-ring (bicyclic) bond motifs is 1. The quantitative estimate of drug-likeness (QED) is 0.745. The molecule has 2 aromatic heterocycles. The van der Waals surface area contributed by atoms with Crippen molar-refractivity contribution in [1.82, 2.24) is 19.7 Å². The molecular formula is C14H11BrN4O2. The van der Waals surface area contributed by atoms with Crippen LogP contribution in [0.1, 0.15) is 11.4 Å². The molecule has 0 saturated carbocycles. The molecule has 0 atom stereocenters. The zero-order chi connectivity index (χ0) is 15.0. The maximum atomic E-state index is 11.9. The van der Waals surface area contributed by atoms with Gasteiger partial charge >= 0.3 is 0 Å². The summed E-state index contributed by atoms with van der Waals surface area (Å²) in [5, 5.41) is 14.0. The highest BCUT2D eigenvalue weighted by molar-refractivity contribution is 9.10. The van der Waals surface area contributed by atoms with Crippen LogP contribution >= 0.6 is 15.9 Å². The lowest BCUT2D eigenvalue weighted by Gasteiger charge is -2.00. The van der Waals surface area contributed by atoms with E-state index in [0.29, 0.717) is 16.9 Å². The van der Waals surface area contributed by atoms with Crippen molar-refractivity contribution in [1.29, 1.82) is 0 Å². The van der Waals surface area contributed by atoms with Gasteiger partial charge in [0.05, 0.1) is 6.20 Å². The Morgan fingerprint density at radius 3 is 3.00 bits per heavy atom. The molecule has 7 heteroatoms. The number of aromatic amines is 1. The summed E-state index contributed by atoms with van der Waals surface area (Å²) in [6.07, 6.45) is 4.91. The van der Waals surface area contributed by atoms with E-state index in [4.69, 9.17) is 0 Å². The average Bonchev–Trinajstić information content (AvgIpc) is 2.82. The monoisotopic (exact) mass is 346 g/mol. The van der Waals surface area contributed by atoms with Crippen molar-refractivity contribution >= 4 is 39.1 Å². The largest absolute Gasteiger partial charge is 0.508 e. The second-order valence-electron chi connectivity index (χ2n) is 4.50. The lowest BCUT2D eigenvalue weighted by Crippen LogP contribution is -2.09. The van der Waals surface area contributed by atoms with Crippen LogP contribution in [0.4, 0.5) is 0 Å². The third kappa shape index (κ3) is 2.59. The number of aryl methyl sites for hydroxylation is 1. The normalized spacial score (nSPS) is 11.5.